The summed E-state index contributed by atoms with van der Waals surface area (Å²) in [5.41, 5.74) is 3.61. The topological polar surface area (TPSA) is 67.9 Å². The Labute approximate surface area is 183 Å². The molecule has 2 amide bonds. The van der Waals surface area contributed by atoms with Crippen LogP contribution in [0.2, 0.25) is 0 Å². The Kier molecular flexibility index (Phi) is 4.66. The minimum atomic E-state index is -0.562. The molecule has 160 valence electrons. The van der Waals surface area contributed by atoms with Crippen LogP contribution in [0.4, 0.5) is 15.8 Å². The van der Waals surface area contributed by atoms with Gasteiger partial charge in [-0.05, 0) is 55.3 Å². The van der Waals surface area contributed by atoms with Crippen LogP contribution in [-0.2, 0) is 9.59 Å². The smallest absolute Gasteiger partial charge is 0.282 e. The summed E-state index contributed by atoms with van der Waals surface area (Å²) in [5.74, 6) is -0.464. The second-order valence-corrected chi connectivity index (χ2v) is 7.69. The Morgan fingerprint density at radius 1 is 0.906 bits per heavy atom. The number of halogens is 1. The summed E-state index contributed by atoms with van der Waals surface area (Å²) in [6.45, 7) is 3.97. The highest BCUT2D eigenvalue weighted by molar-refractivity contribution is 6.46. The van der Waals surface area contributed by atoms with Gasteiger partial charge in [0.1, 0.15) is 11.5 Å². The van der Waals surface area contributed by atoms with Crippen LogP contribution in [0.5, 0.6) is 11.5 Å². The number of ether oxygens (including phenoxy) is 2. The molecular weight excluding hydrogens is 411 g/mol. The van der Waals surface area contributed by atoms with Gasteiger partial charge in [0, 0.05) is 11.8 Å². The number of benzene rings is 3. The number of nitrogens with one attached hydrogen (secondary N) is 1. The van der Waals surface area contributed by atoms with Crippen LogP contribution in [0, 0.1) is 19.7 Å². The largest absolute Gasteiger partial charge is 0.454 e. The first kappa shape index (κ1) is 19.8. The fraction of sp³-hybridized carbons (Fsp3) is 0.120. The molecule has 3 aromatic rings. The maximum Gasteiger partial charge on any atom is 0.282 e. The molecule has 2 aliphatic heterocycles. The number of fused-ring (bicyclic) bond motifs is 1. The van der Waals surface area contributed by atoms with Crippen LogP contribution in [0.15, 0.2) is 66.4 Å². The van der Waals surface area contributed by atoms with Gasteiger partial charge < -0.3 is 14.8 Å². The minimum Gasteiger partial charge on any atom is -0.454 e. The molecule has 0 spiro atoms. The normalized spacial score (nSPS) is 15.0. The molecule has 32 heavy (non-hydrogen) atoms. The third-order valence-corrected chi connectivity index (χ3v) is 5.44. The molecule has 6 nitrogen and oxygen atoms in total. The predicted molar refractivity (Wildman–Crippen MR) is 118 cm³/mol. The molecule has 7 heteroatoms. The van der Waals surface area contributed by atoms with Crippen molar-refractivity contribution in [3.8, 4) is 11.5 Å². The Bertz CT molecular complexity index is 1320. The zero-order chi connectivity index (χ0) is 22.4. The lowest BCUT2D eigenvalue weighted by Crippen LogP contribution is -2.32. The van der Waals surface area contributed by atoms with Gasteiger partial charge in [-0.15, -0.1) is 0 Å². The SMILES string of the molecule is Cc1ccc(C2=C(Nc3ccc4c(c3)OCO4)C(=O)N(c3cccc(F)c3)C2=O)c(C)c1. The van der Waals surface area contributed by atoms with Gasteiger partial charge in [0.25, 0.3) is 11.8 Å². The van der Waals surface area contributed by atoms with E-state index in [4.69, 9.17) is 9.47 Å². The molecule has 0 saturated heterocycles. The van der Waals surface area contributed by atoms with E-state index < -0.39 is 17.6 Å². The van der Waals surface area contributed by atoms with Crippen LogP contribution >= 0.6 is 0 Å². The number of carbonyl (C=O) groups is 2. The zero-order valence-corrected chi connectivity index (χ0v) is 17.4. The van der Waals surface area contributed by atoms with E-state index >= 15 is 0 Å². The van der Waals surface area contributed by atoms with Gasteiger partial charge in [-0.25, -0.2) is 9.29 Å². The number of hydrogen-bond acceptors (Lipinski definition) is 5. The summed E-state index contributed by atoms with van der Waals surface area (Å²) in [7, 11) is 0. The van der Waals surface area contributed by atoms with E-state index in [2.05, 4.69) is 5.32 Å². The van der Waals surface area contributed by atoms with E-state index in [0.29, 0.717) is 22.7 Å². The predicted octanol–water partition coefficient (Wildman–Crippen LogP) is 4.57. The molecular formula is C25H19FN2O4. The quantitative estimate of drug-likeness (QED) is 0.615. The number of carbonyl (C=O) groups excluding carboxylic acids is 2. The van der Waals surface area contributed by atoms with Crippen LogP contribution in [0.25, 0.3) is 5.57 Å². The van der Waals surface area contributed by atoms with E-state index in [0.717, 1.165) is 16.0 Å². The third kappa shape index (κ3) is 3.28. The molecule has 0 radical (unpaired) electrons. The monoisotopic (exact) mass is 430 g/mol. The first-order chi connectivity index (χ1) is 15.4. The lowest BCUT2D eigenvalue weighted by atomic mass is 9.97. The molecule has 0 aliphatic carbocycles. The van der Waals surface area contributed by atoms with E-state index in [9.17, 15) is 14.0 Å². The molecule has 0 fully saturated rings. The highest BCUT2D eigenvalue weighted by atomic mass is 19.1. The fourth-order valence-corrected chi connectivity index (χ4v) is 3.96. The average molecular weight is 430 g/mol. The summed E-state index contributed by atoms with van der Waals surface area (Å²) in [6.07, 6.45) is 0. The molecule has 0 atom stereocenters. The Balaban J connectivity index is 1.63. The van der Waals surface area contributed by atoms with Crippen molar-refractivity contribution in [3.05, 3.63) is 88.9 Å². The maximum absolute atomic E-state index is 13.9. The molecule has 0 bridgehead atoms. The molecule has 0 aromatic heterocycles. The van der Waals surface area contributed by atoms with Gasteiger partial charge in [0.2, 0.25) is 6.79 Å². The summed E-state index contributed by atoms with van der Waals surface area (Å²) in [5, 5.41) is 3.09. The second kappa shape index (κ2) is 7.53. The Hall–Kier alpha value is -4.13. The molecule has 5 rings (SSSR count). The number of nitrogens with zero attached hydrogens (tertiary/aromatic N) is 1. The molecule has 0 unspecified atom stereocenters. The molecule has 0 saturated carbocycles. The van der Waals surface area contributed by atoms with Crippen LogP contribution < -0.4 is 19.7 Å². The van der Waals surface area contributed by atoms with Gasteiger partial charge in [0.05, 0.1) is 11.3 Å². The van der Waals surface area contributed by atoms with E-state index in [1.807, 2.05) is 32.0 Å². The lowest BCUT2D eigenvalue weighted by Gasteiger charge is -2.15. The fourth-order valence-electron chi connectivity index (χ4n) is 3.96. The van der Waals surface area contributed by atoms with E-state index in [-0.39, 0.29) is 23.8 Å². The van der Waals surface area contributed by atoms with Crippen molar-refractivity contribution in [2.45, 2.75) is 13.8 Å². The first-order valence-corrected chi connectivity index (χ1v) is 10.1. The number of aryl methyl sites for hydroxylation is 2. The number of anilines is 2. The van der Waals surface area contributed by atoms with Crippen molar-refractivity contribution < 1.29 is 23.5 Å². The van der Waals surface area contributed by atoms with E-state index in [1.54, 1.807) is 18.2 Å². The summed E-state index contributed by atoms with van der Waals surface area (Å²) in [6, 6.07) is 16.2. The minimum absolute atomic E-state index is 0.116. The average Bonchev–Trinajstić information content (AvgIpc) is 3.31. The van der Waals surface area contributed by atoms with Gasteiger partial charge >= 0.3 is 0 Å². The second-order valence-electron chi connectivity index (χ2n) is 7.69. The van der Waals surface area contributed by atoms with Crippen LogP contribution in [0.1, 0.15) is 16.7 Å². The van der Waals surface area contributed by atoms with Crippen LogP contribution in [-0.4, -0.2) is 18.6 Å². The zero-order valence-electron chi connectivity index (χ0n) is 17.4. The van der Waals surface area contributed by atoms with Gasteiger partial charge in [0.15, 0.2) is 11.5 Å². The number of hydrogen-bond donors (Lipinski definition) is 1. The van der Waals surface area contributed by atoms with Gasteiger partial charge in [-0.1, -0.05) is 29.8 Å². The van der Waals surface area contributed by atoms with Crippen molar-refractivity contribution in [1.82, 2.24) is 0 Å². The Morgan fingerprint density at radius 3 is 2.50 bits per heavy atom. The number of rotatable bonds is 4. The van der Waals surface area contributed by atoms with E-state index in [1.165, 1.54) is 24.3 Å². The molecule has 2 aliphatic rings. The maximum atomic E-state index is 13.9. The van der Waals surface area contributed by atoms with Crippen LogP contribution in [0.3, 0.4) is 0 Å². The highest BCUT2D eigenvalue weighted by Crippen LogP contribution is 2.38. The molecule has 2 heterocycles. The van der Waals surface area contributed by atoms with Crippen molar-refractivity contribution in [2.24, 2.45) is 0 Å². The van der Waals surface area contributed by atoms with Gasteiger partial charge in [-0.2, -0.15) is 0 Å². The van der Waals surface area contributed by atoms with Crippen molar-refractivity contribution in [1.29, 1.82) is 0 Å². The first-order valence-electron chi connectivity index (χ1n) is 10.1. The van der Waals surface area contributed by atoms with Crippen molar-refractivity contribution >= 4 is 28.8 Å². The van der Waals surface area contributed by atoms with Crippen molar-refractivity contribution in [2.75, 3.05) is 17.0 Å². The molecule has 3 aromatic carbocycles. The third-order valence-electron chi connectivity index (χ3n) is 5.44. The summed E-state index contributed by atoms with van der Waals surface area (Å²) >= 11 is 0. The molecule has 1 N–H and O–H groups in total. The number of amides is 2. The lowest BCUT2D eigenvalue weighted by molar-refractivity contribution is -0.120. The highest BCUT2D eigenvalue weighted by Gasteiger charge is 2.41. The van der Waals surface area contributed by atoms with Crippen molar-refractivity contribution in [3.63, 3.8) is 0 Å². The summed E-state index contributed by atoms with van der Waals surface area (Å²) < 4.78 is 24.6. The number of imide groups is 1. The summed E-state index contributed by atoms with van der Waals surface area (Å²) in [4.78, 5) is 27.9. The standard InChI is InChI=1S/C25H19FN2O4/c1-14-6-8-19(15(2)10-14)22-23(27-17-7-9-20-21(12-17)32-13-31-20)25(30)28(24(22)29)18-5-3-4-16(26)11-18/h3-12,27H,13H2,1-2H3. The van der Waals surface area contributed by atoms with Gasteiger partial charge in [-0.3, -0.25) is 9.59 Å². The Morgan fingerprint density at radius 2 is 1.72 bits per heavy atom.